The van der Waals surface area contributed by atoms with Crippen LogP contribution in [0.2, 0.25) is 11.6 Å². The van der Waals surface area contributed by atoms with E-state index in [-0.39, 0.29) is 0 Å². The van der Waals surface area contributed by atoms with Crippen LogP contribution in [0.1, 0.15) is 26.3 Å². The van der Waals surface area contributed by atoms with Crippen LogP contribution in [0.15, 0.2) is 60.7 Å². The highest BCUT2D eigenvalue weighted by atomic mass is 28.4. The molecule has 0 aliphatic rings. The van der Waals surface area contributed by atoms with Gasteiger partial charge >= 0.3 is 0 Å². The van der Waals surface area contributed by atoms with Crippen LogP contribution in [-0.4, -0.2) is 18.2 Å². The minimum atomic E-state index is -2.88. The molecule has 0 amide bonds. The zero-order valence-corrected chi connectivity index (χ0v) is 14.2. The number of aliphatic hydroxyl groups is 1. The first-order valence-corrected chi connectivity index (χ1v) is 9.72. The van der Waals surface area contributed by atoms with Crippen molar-refractivity contribution in [1.82, 2.24) is 0 Å². The van der Waals surface area contributed by atoms with Crippen molar-refractivity contribution in [2.75, 3.05) is 0 Å². The van der Waals surface area contributed by atoms with Gasteiger partial charge < -0.3 is 9.90 Å². The van der Waals surface area contributed by atoms with Crippen molar-refractivity contribution in [1.29, 1.82) is 0 Å². The van der Waals surface area contributed by atoms with Gasteiger partial charge in [0.25, 0.3) is 0 Å². The molecule has 0 aromatic heterocycles. The van der Waals surface area contributed by atoms with Crippen LogP contribution < -0.4 is 5.19 Å². The molecule has 0 saturated heterocycles. The summed E-state index contributed by atoms with van der Waals surface area (Å²) < 4.78 is 0. The summed E-state index contributed by atoms with van der Waals surface area (Å²) in [6.45, 7) is 7.62. The predicted molar refractivity (Wildman–Crippen MR) is 90.0 cm³/mol. The van der Waals surface area contributed by atoms with E-state index in [1.807, 2.05) is 81.1 Å². The topological polar surface area (TPSA) is 40.5 Å². The van der Waals surface area contributed by atoms with Gasteiger partial charge in [-0.15, -0.1) is 0 Å². The van der Waals surface area contributed by atoms with Crippen molar-refractivity contribution >= 4 is 13.5 Å². The van der Waals surface area contributed by atoms with Crippen LogP contribution in [0.4, 0.5) is 0 Å². The van der Waals surface area contributed by atoms with Gasteiger partial charge in [-0.05, 0) is 24.2 Å². The standard InChI is InChI=1S/C18H24O2Si/c1-17(2,18(3,19)15-11-7-5-8-12-15)21(4,20)16-13-9-6-10-14-16/h5-14,19-20H,1-4H3. The molecule has 0 spiro atoms. The van der Waals surface area contributed by atoms with Gasteiger partial charge in [0.1, 0.15) is 0 Å². The molecule has 2 aromatic carbocycles. The zero-order valence-electron chi connectivity index (χ0n) is 13.2. The largest absolute Gasteiger partial charge is 0.427 e. The molecule has 0 saturated carbocycles. The molecule has 2 atom stereocenters. The summed E-state index contributed by atoms with van der Waals surface area (Å²) in [6.07, 6.45) is 0. The Morgan fingerprint density at radius 2 is 1.24 bits per heavy atom. The van der Waals surface area contributed by atoms with E-state index in [0.29, 0.717) is 0 Å². The third kappa shape index (κ3) is 2.57. The molecule has 112 valence electrons. The quantitative estimate of drug-likeness (QED) is 0.852. The molecule has 3 heteroatoms. The average Bonchev–Trinajstić information content (AvgIpc) is 2.48. The van der Waals surface area contributed by atoms with Crippen LogP contribution in [0.25, 0.3) is 0 Å². The van der Waals surface area contributed by atoms with Crippen LogP contribution in [-0.2, 0) is 5.60 Å². The molecule has 2 N–H and O–H groups in total. The molecule has 0 radical (unpaired) electrons. The molecule has 2 nitrogen and oxygen atoms in total. The first-order chi connectivity index (χ1) is 9.71. The molecule has 0 heterocycles. The summed E-state index contributed by atoms with van der Waals surface area (Å²) in [5.41, 5.74) is -0.279. The van der Waals surface area contributed by atoms with E-state index in [4.69, 9.17) is 0 Å². The molecular weight excluding hydrogens is 276 g/mol. The normalized spacial score (nSPS) is 17.8. The van der Waals surface area contributed by atoms with Crippen molar-refractivity contribution in [3.05, 3.63) is 66.2 Å². The summed E-state index contributed by atoms with van der Waals surface area (Å²) in [5, 5.41) is 11.5. The maximum absolute atomic E-state index is 11.3. The highest BCUT2D eigenvalue weighted by molar-refractivity contribution is 6.87. The lowest BCUT2D eigenvalue weighted by molar-refractivity contribution is 0.00935. The van der Waals surface area contributed by atoms with Gasteiger partial charge in [0.05, 0.1) is 5.60 Å². The Kier molecular flexibility index (Phi) is 4.11. The van der Waals surface area contributed by atoms with Crippen LogP contribution in [0.5, 0.6) is 0 Å². The lowest BCUT2D eigenvalue weighted by Gasteiger charge is -2.48. The van der Waals surface area contributed by atoms with Gasteiger partial charge in [-0.1, -0.05) is 74.5 Å². The first-order valence-electron chi connectivity index (χ1n) is 7.27. The van der Waals surface area contributed by atoms with Crippen LogP contribution in [0.3, 0.4) is 0 Å². The Morgan fingerprint density at radius 3 is 1.71 bits per heavy atom. The Labute approximate surface area is 128 Å². The third-order valence-corrected chi connectivity index (χ3v) is 9.48. The van der Waals surface area contributed by atoms with Crippen molar-refractivity contribution in [3.63, 3.8) is 0 Å². The molecule has 21 heavy (non-hydrogen) atoms. The lowest BCUT2D eigenvalue weighted by Crippen LogP contribution is -2.60. The second kappa shape index (κ2) is 5.41. The van der Waals surface area contributed by atoms with E-state index in [9.17, 15) is 9.90 Å². The fourth-order valence-electron chi connectivity index (χ4n) is 2.72. The SMILES string of the molecule is CC(O)(c1ccccc1)C(C)(C)[Si](C)(O)c1ccccc1. The fourth-order valence-corrected chi connectivity index (χ4v) is 5.38. The van der Waals surface area contributed by atoms with Crippen molar-refractivity contribution in [2.24, 2.45) is 0 Å². The van der Waals surface area contributed by atoms with Gasteiger partial charge in [-0.25, -0.2) is 0 Å². The molecular formula is C18H24O2Si. The number of rotatable bonds is 4. The Bertz CT molecular complexity index is 536. The molecule has 0 bridgehead atoms. The van der Waals surface area contributed by atoms with E-state index >= 15 is 0 Å². The highest BCUT2D eigenvalue weighted by Gasteiger charge is 2.55. The monoisotopic (exact) mass is 300 g/mol. The molecule has 2 unspecified atom stereocenters. The summed E-state index contributed by atoms with van der Waals surface area (Å²) in [5.74, 6) is 0. The van der Waals surface area contributed by atoms with E-state index in [1.54, 1.807) is 6.92 Å². The molecule has 0 aliphatic heterocycles. The lowest BCUT2D eigenvalue weighted by atomic mass is 9.84. The number of hydrogen-bond acceptors (Lipinski definition) is 2. The van der Waals surface area contributed by atoms with Gasteiger partial charge in [0.15, 0.2) is 0 Å². The number of benzene rings is 2. The van der Waals surface area contributed by atoms with E-state index in [2.05, 4.69) is 0 Å². The summed E-state index contributed by atoms with van der Waals surface area (Å²) in [4.78, 5) is 11.3. The second-order valence-corrected chi connectivity index (χ2v) is 10.5. The smallest absolute Gasteiger partial charge is 0.225 e. The van der Waals surface area contributed by atoms with E-state index in [0.717, 1.165) is 10.8 Å². The minimum Gasteiger partial charge on any atom is -0.427 e. The van der Waals surface area contributed by atoms with Crippen molar-refractivity contribution in [2.45, 2.75) is 38.0 Å². The van der Waals surface area contributed by atoms with Gasteiger partial charge in [0.2, 0.25) is 8.32 Å². The van der Waals surface area contributed by atoms with Crippen LogP contribution >= 0.6 is 0 Å². The maximum atomic E-state index is 11.3. The second-order valence-electron chi connectivity index (χ2n) is 6.50. The maximum Gasteiger partial charge on any atom is 0.225 e. The average molecular weight is 300 g/mol. The number of hydrogen-bond donors (Lipinski definition) is 2. The molecule has 2 rings (SSSR count). The van der Waals surface area contributed by atoms with Gasteiger partial charge in [-0.3, -0.25) is 0 Å². The predicted octanol–water partition coefficient (Wildman–Crippen LogP) is 3.15. The van der Waals surface area contributed by atoms with E-state index in [1.165, 1.54) is 0 Å². The summed E-state index contributed by atoms with van der Waals surface area (Å²) in [7, 11) is -2.88. The Balaban J connectivity index is 2.50. The molecule has 0 fully saturated rings. The first kappa shape index (κ1) is 16.0. The Hall–Kier alpha value is -1.42. The summed E-state index contributed by atoms with van der Waals surface area (Å²) in [6, 6.07) is 19.3. The van der Waals surface area contributed by atoms with Crippen molar-refractivity contribution < 1.29 is 9.90 Å². The third-order valence-electron chi connectivity index (χ3n) is 5.11. The van der Waals surface area contributed by atoms with Crippen molar-refractivity contribution in [3.8, 4) is 0 Å². The molecule has 0 aliphatic carbocycles. The fraction of sp³-hybridized carbons (Fsp3) is 0.333. The Morgan fingerprint density at radius 1 is 0.810 bits per heavy atom. The van der Waals surface area contributed by atoms with Gasteiger partial charge in [0, 0.05) is 5.04 Å². The molecule has 2 aromatic rings. The minimum absolute atomic E-state index is 0.650. The zero-order chi connectivity index (χ0) is 15.7. The van der Waals surface area contributed by atoms with Crippen LogP contribution in [0, 0.1) is 0 Å². The summed E-state index contributed by atoms with van der Waals surface area (Å²) >= 11 is 0. The highest BCUT2D eigenvalue weighted by Crippen LogP contribution is 2.50. The van der Waals surface area contributed by atoms with E-state index < -0.39 is 19.0 Å². The van der Waals surface area contributed by atoms with Gasteiger partial charge in [-0.2, -0.15) is 0 Å².